The third-order valence-corrected chi connectivity index (χ3v) is 3.03. The van der Waals surface area contributed by atoms with E-state index in [9.17, 15) is 0 Å². The quantitative estimate of drug-likeness (QED) is 0.886. The molecule has 2 rings (SSSR count). The molecule has 114 valence electrons. The summed E-state index contributed by atoms with van der Waals surface area (Å²) in [6.45, 7) is 1.65. The van der Waals surface area contributed by atoms with Crippen molar-refractivity contribution in [2.75, 3.05) is 34.4 Å². The lowest BCUT2D eigenvalue weighted by molar-refractivity contribution is 0.0687. The molecule has 0 aliphatic heterocycles. The summed E-state index contributed by atoms with van der Waals surface area (Å²) in [4.78, 5) is 2.13. The molecule has 0 radical (unpaired) electrons. The van der Waals surface area contributed by atoms with Crippen LogP contribution in [0.15, 0.2) is 60.7 Å². The van der Waals surface area contributed by atoms with Crippen molar-refractivity contribution >= 4 is 0 Å². The van der Waals surface area contributed by atoms with Gasteiger partial charge in [-0.25, -0.2) is 0 Å². The minimum absolute atomic E-state index is 0.0161. The molecule has 2 aromatic carbocycles. The van der Waals surface area contributed by atoms with Gasteiger partial charge in [-0.2, -0.15) is 0 Å². The summed E-state index contributed by atoms with van der Waals surface area (Å²) in [7, 11) is 5.12. The van der Waals surface area contributed by atoms with Gasteiger partial charge in [0.25, 0.3) is 0 Å². The summed E-state index contributed by atoms with van der Waals surface area (Å²) in [5.41, 5.74) is 2.40. The average Bonchev–Trinajstić information content (AvgIpc) is 2.55. The monoisotopic (exact) mass is 287 g/mol. The molecule has 0 spiro atoms. The largest absolute Gasteiger partial charge is 0.400 e. The Labute approximate surface area is 127 Å². The van der Waals surface area contributed by atoms with Crippen LogP contribution >= 0.6 is 0 Å². The highest BCUT2D eigenvalue weighted by molar-refractivity contribution is 5.29. The Morgan fingerprint density at radius 1 is 0.857 bits per heavy atom. The van der Waals surface area contributed by atoms with Gasteiger partial charge < -0.3 is 14.7 Å². The molecular formula is C18H25NO2. The number of benzene rings is 2. The van der Waals surface area contributed by atoms with Crippen LogP contribution in [0.4, 0.5) is 0 Å². The summed E-state index contributed by atoms with van der Waals surface area (Å²) in [5.74, 6) is 0. The molecule has 21 heavy (non-hydrogen) atoms. The van der Waals surface area contributed by atoms with E-state index in [0.717, 1.165) is 20.3 Å². The van der Waals surface area contributed by atoms with E-state index in [1.54, 1.807) is 0 Å². The minimum Gasteiger partial charge on any atom is -0.400 e. The number of rotatable bonds is 6. The highest BCUT2D eigenvalue weighted by atomic mass is 16.5. The molecule has 3 heteroatoms. The predicted octanol–water partition coefficient (Wildman–Crippen LogP) is 2.96. The lowest BCUT2D eigenvalue weighted by Crippen LogP contribution is -2.20. The van der Waals surface area contributed by atoms with Crippen molar-refractivity contribution in [3.8, 4) is 0 Å². The molecule has 0 unspecified atom stereocenters. The number of aliphatic hydroxyl groups is 1. The van der Waals surface area contributed by atoms with E-state index < -0.39 is 0 Å². The molecule has 0 amide bonds. The van der Waals surface area contributed by atoms with E-state index in [-0.39, 0.29) is 6.10 Å². The number of hydrogen-bond donors (Lipinski definition) is 1. The van der Waals surface area contributed by atoms with Gasteiger partial charge in [0.2, 0.25) is 0 Å². The van der Waals surface area contributed by atoms with Gasteiger partial charge in [0.1, 0.15) is 6.10 Å². The van der Waals surface area contributed by atoms with Crippen molar-refractivity contribution in [3.05, 3.63) is 71.8 Å². The standard InChI is InChI=1S/C17H21NO.CH4O/c1-18(2)13-14-19-17(15-9-5-3-6-10-15)16-11-7-4-8-12-16;1-2/h3-12,17H,13-14H2,1-2H3;2H,1H3. The highest BCUT2D eigenvalue weighted by Gasteiger charge is 2.13. The van der Waals surface area contributed by atoms with E-state index in [0.29, 0.717) is 0 Å². The number of hydrogen-bond acceptors (Lipinski definition) is 3. The maximum Gasteiger partial charge on any atom is 0.108 e. The number of nitrogens with zero attached hydrogens (tertiary/aromatic N) is 1. The van der Waals surface area contributed by atoms with Crippen molar-refractivity contribution in [1.82, 2.24) is 4.90 Å². The van der Waals surface area contributed by atoms with Gasteiger partial charge in [-0.3, -0.25) is 0 Å². The van der Waals surface area contributed by atoms with Crippen molar-refractivity contribution < 1.29 is 9.84 Å². The van der Waals surface area contributed by atoms with Gasteiger partial charge in [-0.1, -0.05) is 60.7 Å². The first-order valence-electron chi connectivity index (χ1n) is 7.08. The second-order valence-corrected chi connectivity index (χ2v) is 4.88. The normalized spacial score (nSPS) is 10.4. The zero-order valence-electron chi connectivity index (χ0n) is 13.1. The van der Waals surface area contributed by atoms with Gasteiger partial charge in [-0.15, -0.1) is 0 Å². The number of likely N-dealkylation sites (N-methyl/N-ethyl adjacent to an activating group) is 1. The fourth-order valence-electron chi connectivity index (χ4n) is 1.99. The fourth-order valence-corrected chi connectivity index (χ4v) is 1.99. The first-order chi connectivity index (χ1) is 10.3. The van der Waals surface area contributed by atoms with Gasteiger partial charge in [0.05, 0.1) is 6.61 Å². The molecule has 3 nitrogen and oxygen atoms in total. The summed E-state index contributed by atoms with van der Waals surface area (Å²) >= 11 is 0. The van der Waals surface area contributed by atoms with Crippen LogP contribution in [0.25, 0.3) is 0 Å². The van der Waals surface area contributed by atoms with Crippen molar-refractivity contribution in [2.45, 2.75) is 6.10 Å². The Hall–Kier alpha value is -1.68. The smallest absolute Gasteiger partial charge is 0.108 e. The summed E-state index contributed by atoms with van der Waals surface area (Å²) in [5, 5.41) is 7.00. The zero-order valence-corrected chi connectivity index (χ0v) is 13.1. The summed E-state index contributed by atoms with van der Waals surface area (Å²) in [6.07, 6.45) is 0.0161. The second kappa shape index (κ2) is 10.1. The first-order valence-corrected chi connectivity index (χ1v) is 7.08. The number of aliphatic hydroxyl groups excluding tert-OH is 1. The highest BCUT2D eigenvalue weighted by Crippen LogP contribution is 2.25. The predicted molar refractivity (Wildman–Crippen MR) is 87.4 cm³/mol. The first kappa shape index (κ1) is 17.4. The molecule has 0 aromatic heterocycles. The van der Waals surface area contributed by atoms with Crippen LogP contribution in [0, 0.1) is 0 Å². The van der Waals surface area contributed by atoms with E-state index in [4.69, 9.17) is 9.84 Å². The van der Waals surface area contributed by atoms with Crippen LogP contribution in [0.5, 0.6) is 0 Å². The molecule has 0 saturated heterocycles. The third kappa shape index (κ3) is 6.08. The van der Waals surface area contributed by atoms with Crippen LogP contribution in [-0.2, 0) is 4.74 Å². The van der Waals surface area contributed by atoms with Crippen LogP contribution in [-0.4, -0.2) is 44.4 Å². The molecule has 2 aromatic rings. The Bertz CT molecular complexity index is 432. The molecule has 0 atom stereocenters. The van der Waals surface area contributed by atoms with Crippen LogP contribution < -0.4 is 0 Å². The molecule has 0 saturated carbocycles. The van der Waals surface area contributed by atoms with E-state index in [1.165, 1.54) is 11.1 Å². The van der Waals surface area contributed by atoms with Crippen LogP contribution in [0.3, 0.4) is 0 Å². The topological polar surface area (TPSA) is 32.7 Å². The third-order valence-electron chi connectivity index (χ3n) is 3.03. The van der Waals surface area contributed by atoms with Crippen molar-refractivity contribution in [2.24, 2.45) is 0 Å². The Balaban J connectivity index is 0.00000106. The minimum atomic E-state index is 0.0161. The van der Waals surface area contributed by atoms with Gasteiger partial charge in [0.15, 0.2) is 0 Å². The molecule has 1 N–H and O–H groups in total. The average molecular weight is 287 g/mol. The molecule has 0 heterocycles. The SMILES string of the molecule is CN(C)CCOC(c1ccccc1)c1ccccc1.CO. The Kier molecular flexibility index (Phi) is 8.36. The molecule has 0 aliphatic rings. The molecular weight excluding hydrogens is 262 g/mol. The van der Waals surface area contributed by atoms with Crippen molar-refractivity contribution in [1.29, 1.82) is 0 Å². The lowest BCUT2D eigenvalue weighted by Gasteiger charge is -2.20. The Morgan fingerprint density at radius 2 is 1.29 bits per heavy atom. The van der Waals surface area contributed by atoms with Gasteiger partial charge in [-0.05, 0) is 25.2 Å². The van der Waals surface area contributed by atoms with E-state index >= 15 is 0 Å². The number of ether oxygens (including phenoxy) is 1. The lowest BCUT2D eigenvalue weighted by atomic mass is 10.0. The maximum atomic E-state index is 7.00. The van der Waals surface area contributed by atoms with Crippen molar-refractivity contribution in [3.63, 3.8) is 0 Å². The molecule has 0 fully saturated rings. The van der Waals surface area contributed by atoms with E-state index in [2.05, 4.69) is 67.5 Å². The zero-order chi connectivity index (χ0) is 15.5. The molecule has 0 aliphatic carbocycles. The second-order valence-electron chi connectivity index (χ2n) is 4.88. The van der Waals surface area contributed by atoms with Gasteiger partial charge in [0, 0.05) is 13.7 Å². The van der Waals surface area contributed by atoms with E-state index in [1.807, 2.05) is 12.1 Å². The van der Waals surface area contributed by atoms with Crippen LogP contribution in [0.1, 0.15) is 17.2 Å². The summed E-state index contributed by atoms with van der Waals surface area (Å²) in [6, 6.07) is 20.8. The van der Waals surface area contributed by atoms with Crippen LogP contribution in [0.2, 0.25) is 0 Å². The molecule has 0 bridgehead atoms. The van der Waals surface area contributed by atoms with Gasteiger partial charge >= 0.3 is 0 Å². The summed E-state index contributed by atoms with van der Waals surface area (Å²) < 4.78 is 6.08. The maximum absolute atomic E-state index is 7.00. The Morgan fingerprint density at radius 3 is 1.67 bits per heavy atom. The fraction of sp³-hybridized carbons (Fsp3) is 0.333.